The maximum atomic E-state index is 10.9. The van der Waals surface area contributed by atoms with Crippen molar-refractivity contribution >= 4 is 11.9 Å². The SMILES string of the molecule is CC1(C(=O)O)CCCC(O)(C(=O)O)C1. The summed E-state index contributed by atoms with van der Waals surface area (Å²) in [4.78, 5) is 21.6. The molecular formula is C9H14O5. The molecule has 0 aromatic rings. The first-order valence-corrected chi connectivity index (χ1v) is 4.49. The number of carbonyl (C=O) groups is 2. The Morgan fingerprint density at radius 3 is 2.14 bits per heavy atom. The summed E-state index contributed by atoms with van der Waals surface area (Å²) in [7, 11) is 0. The van der Waals surface area contributed by atoms with E-state index in [1.165, 1.54) is 6.92 Å². The summed E-state index contributed by atoms with van der Waals surface area (Å²) in [5.41, 5.74) is -2.99. The molecule has 1 saturated carbocycles. The fourth-order valence-corrected chi connectivity index (χ4v) is 1.96. The van der Waals surface area contributed by atoms with Crippen molar-refractivity contribution in [3.8, 4) is 0 Å². The summed E-state index contributed by atoms with van der Waals surface area (Å²) in [6.45, 7) is 1.47. The minimum atomic E-state index is -1.87. The first-order valence-electron chi connectivity index (χ1n) is 4.49. The summed E-state index contributed by atoms with van der Waals surface area (Å²) in [5.74, 6) is -2.37. The Labute approximate surface area is 81.4 Å². The second-order valence-corrected chi connectivity index (χ2v) is 4.23. The predicted molar refractivity (Wildman–Crippen MR) is 46.8 cm³/mol. The zero-order chi connectivity index (χ0) is 11.0. The van der Waals surface area contributed by atoms with Crippen LogP contribution in [0.1, 0.15) is 32.6 Å². The second-order valence-electron chi connectivity index (χ2n) is 4.23. The molecule has 0 aromatic heterocycles. The van der Waals surface area contributed by atoms with Gasteiger partial charge in [0.05, 0.1) is 5.41 Å². The molecule has 14 heavy (non-hydrogen) atoms. The largest absolute Gasteiger partial charge is 0.481 e. The van der Waals surface area contributed by atoms with Gasteiger partial charge in [0, 0.05) is 6.42 Å². The lowest BCUT2D eigenvalue weighted by molar-refractivity contribution is -0.173. The van der Waals surface area contributed by atoms with E-state index in [4.69, 9.17) is 10.2 Å². The third-order valence-electron chi connectivity index (χ3n) is 2.92. The van der Waals surface area contributed by atoms with Gasteiger partial charge in [-0.25, -0.2) is 4.79 Å². The van der Waals surface area contributed by atoms with Gasteiger partial charge in [0.25, 0.3) is 0 Å². The summed E-state index contributed by atoms with van der Waals surface area (Å²) in [6, 6.07) is 0. The molecule has 0 bridgehead atoms. The highest BCUT2D eigenvalue weighted by molar-refractivity contribution is 5.81. The maximum Gasteiger partial charge on any atom is 0.335 e. The van der Waals surface area contributed by atoms with Crippen molar-refractivity contribution in [2.45, 2.75) is 38.2 Å². The predicted octanol–water partition coefficient (Wildman–Crippen LogP) is 0.467. The minimum Gasteiger partial charge on any atom is -0.481 e. The van der Waals surface area contributed by atoms with Crippen LogP contribution in [-0.2, 0) is 9.59 Å². The molecule has 0 spiro atoms. The molecule has 0 amide bonds. The molecule has 2 unspecified atom stereocenters. The number of carboxylic acid groups (broad SMARTS) is 2. The van der Waals surface area contributed by atoms with Gasteiger partial charge < -0.3 is 15.3 Å². The number of rotatable bonds is 2. The lowest BCUT2D eigenvalue weighted by Gasteiger charge is -2.38. The highest BCUT2D eigenvalue weighted by Crippen LogP contribution is 2.41. The number of aliphatic hydroxyl groups is 1. The van der Waals surface area contributed by atoms with Crippen LogP contribution in [0, 0.1) is 5.41 Å². The van der Waals surface area contributed by atoms with Crippen LogP contribution in [0.4, 0.5) is 0 Å². The first-order chi connectivity index (χ1) is 6.30. The number of carboxylic acids is 2. The van der Waals surface area contributed by atoms with E-state index in [0.717, 1.165) is 0 Å². The zero-order valence-corrected chi connectivity index (χ0v) is 7.99. The molecule has 3 N–H and O–H groups in total. The van der Waals surface area contributed by atoms with Crippen LogP contribution in [0.15, 0.2) is 0 Å². The molecule has 1 aliphatic carbocycles. The average Bonchev–Trinajstić information content (AvgIpc) is 2.03. The summed E-state index contributed by atoms with van der Waals surface area (Å²) in [5, 5.41) is 27.3. The molecule has 1 fully saturated rings. The third kappa shape index (κ3) is 1.72. The lowest BCUT2D eigenvalue weighted by atomic mass is 9.68. The molecule has 0 saturated heterocycles. The van der Waals surface area contributed by atoms with Crippen molar-refractivity contribution in [2.75, 3.05) is 0 Å². The smallest absolute Gasteiger partial charge is 0.335 e. The van der Waals surface area contributed by atoms with Crippen molar-refractivity contribution in [1.29, 1.82) is 0 Å². The van der Waals surface area contributed by atoms with Crippen molar-refractivity contribution in [2.24, 2.45) is 5.41 Å². The van der Waals surface area contributed by atoms with Crippen LogP contribution in [0.5, 0.6) is 0 Å². The Hall–Kier alpha value is -1.10. The topological polar surface area (TPSA) is 94.8 Å². The molecular weight excluding hydrogens is 188 g/mol. The molecule has 1 rings (SSSR count). The van der Waals surface area contributed by atoms with Crippen molar-refractivity contribution in [3.05, 3.63) is 0 Å². The molecule has 0 aliphatic heterocycles. The summed E-state index contributed by atoms with van der Waals surface area (Å²) in [6.07, 6.45) is 0.749. The van der Waals surface area contributed by atoms with Gasteiger partial charge in [-0.1, -0.05) is 0 Å². The van der Waals surface area contributed by atoms with E-state index in [1.807, 2.05) is 0 Å². The standard InChI is InChI=1S/C9H14O5/c1-8(6(10)11)3-2-4-9(14,5-8)7(12)13/h14H,2-5H2,1H3,(H,10,11)(H,12,13). The van der Waals surface area contributed by atoms with Gasteiger partial charge in [-0.15, -0.1) is 0 Å². The number of aliphatic carboxylic acids is 2. The molecule has 80 valence electrons. The van der Waals surface area contributed by atoms with E-state index in [0.29, 0.717) is 12.8 Å². The molecule has 1 aliphatic rings. The molecule has 5 nitrogen and oxygen atoms in total. The van der Waals surface area contributed by atoms with Gasteiger partial charge >= 0.3 is 11.9 Å². The van der Waals surface area contributed by atoms with Crippen LogP contribution in [0.2, 0.25) is 0 Å². The Kier molecular flexibility index (Phi) is 2.54. The monoisotopic (exact) mass is 202 g/mol. The highest BCUT2D eigenvalue weighted by Gasteiger charge is 2.49. The molecule has 0 radical (unpaired) electrons. The molecule has 0 aromatic carbocycles. The van der Waals surface area contributed by atoms with E-state index in [1.54, 1.807) is 0 Å². The Bertz CT molecular complexity index is 248. The van der Waals surface area contributed by atoms with Crippen molar-refractivity contribution < 1.29 is 24.9 Å². The van der Waals surface area contributed by atoms with Gasteiger partial charge in [0.15, 0.2) is 5.60 Å². The van der Waals surface area contributed by atoms with Crippen LogP contribution in [-0.4, -0.2) is 32.9 Å². The second kappa shape index (κ2) is 3.24. The fraction of sp³-hybridized carbons (Fsp3) is 0.778. The molecule has 5 heteroatoms. The maximum absolute atomic E-state index is 10.9. The van der Waals surface area contributed by atoms with E-state index in [9.17, 15) is 14.7 Å². The Morgan fingerprint density at radius 2 is 1.71 bits per heavy atom. The van der Waals surface area contributed by atoms with Gasteiger partial charge in [0.2, 0.25) is 0 Å². The van der Waals surface area contributed by atoms with Crippen LogP contribution < -0.4 is 0 Å². The van der Waals surface area contributed by atoms with Crippen LogP contribution >= 0.6 is 0 Å². The third-order valence-corrected chi connectivity index (χ3v) is 2.92. The van der Waals surface area contributed by atoms with E-state index < -0.39 is 23.0 Å². The van der Waals surface area contributed by atoms with Crippen molar-refractivity contribution in [3.63, 3.8) is 0 Å². The van der Waals surface area contributed by atoms with Gasteiger partial charge in [-0.2, -0.15) is 0 Å². The fourth-order valence-electron chi connectivity index (χ4n) is 1.96. The minimum absolute atomic E-state index is 0.130. The van der Waals surface area contributed by atoms with Gasteiger partial charge in [-0.3, -0.25) is 4.79 Å². The summed E-state index contributed by atoms with van der Waals surface area (Å²) < 4.78 is 0. The number of hydrogen-bond acceptors (Lipinski definition) is 3. The Balaban J connectivity index is 2.89. The van der Waals surface area contributed by atoms with E-state index in [2.05, 4.69) is 0 Å². The molecule has 2 atom stereocenters. The summed E-state index contributed by atoms with van der Waals surface area (Å²) >= 11 is 0. The lowest BCUT2D eigenvalue weighted by Crippen LogP contribution is -2.48. The first kappa shape index (κ1) is 11.0. The average molecular weight is 202 g/mol. The van der Waals surface area contributed by atoms with E-state index in [-0.39, 0.29) is 12.8 Å². The highest BCUT2D eigenvalue weighted by atomic mass is 16.4. The normalized spacial score (nSPS) is 37.9. The van der Waals surface area contributed by atoms with Crippen LogP contribution in [0.25, 0.3) is 0 Å². The number of hydrogen-bond donors (Lipinski definition) is 3. The zero-order valence-electron chi connectivity index (χ0n) is 7.99. The van der Waals surface area contributed by atoms with E-state index >= 15 is 0 Å². The Morgan fingerprint density at radius 1 is 1.14 bits per heavy atom. The quantitative estimate of drug-likeness (QED) is 0.605. The van der Waals surface area contributed by atoms with Crippen molar-refractivity contribution in [1.82, 2.24) is 0 Å². The van der Waals surface area contributed by atoms with Crippen LogP contribution in [0.3, 0.4) is 0 Å². The van der Waals surface area contributed by atoms with Gasteiger partial charge in [-0.05, 0) is 26.2 Å². The molecule has 0 heterocycles. The van der Waals surface area contributed by atoms with Gasteiger partial charge in [0.1, 0.15) is 0 Å².